The number of thioether (sulfide) groups is 1. The normalized spacial score (nSPS) is 12.0. The maximum absolute atomic E-state index is 12.2. The second kappa shape index (κ2) is 7.92. The number of aromatic amines is 1. The van der Waals surface area contributed by atoms with Gasteiger partial charge in [0.15, 0.2) is 5.78 Å². The molecule has 0 aliphatic rings. The van der Waals surface area contributed by atoms with Crippen LogP contribution in [0.4, 0.5) is 5.69 Å². The van der Waals surface area contributed by atoms with Gasteiger partial charge < -0.3 is 5.32 Å². The van der Waals surface area contributed by atoms with Gasteiger partial charge in [-0.25, -0.2) is 4.98 Å². The van der Waals surface area contributed by atoms with Crippen molar-refractivity contribution in [2.45, 2.75) is 44.0 Å². The summed E-state index contributed by atoms with van der Waals surface area (Å²) in [6, 6.07) is 6.83. The number of benzene rings is 1. The molecule has 0 saturated carbocycles. The highest BCUT2D eigenvalue weighted by atomic mass is 32.2. The molecule has 1 atom stereocenters. The first-order chi connectivity index (χ1) is 11.0. The minimum absolute atomic E-state index is 0.000657. The Morgan fingerprint density at radius 2 is 2.00 bits per heavy atom. The average molecular weight is 332 g/mol. The van der Waals surface area contributed by atoms with Crippen LogP contribution in [-0.4, -0.2) is 32.1 Å². The number of carbonyl (C=O) groups is 2. The van der Waals surface area contributed by atoms with Crippen LogP contribution in [0.15, 0.2) is 29.4 Å². The fourth-order valence-electron chi connectivity index (χ4n) is 1.92. The Labute approximate surface area is 139 Å². The van der Waals surface area contributed by atoms with Gasteiger partial charge in [0.2, 0.25) is 11.1 Å². The number of nitrogens with zero attached hydrogens (tertiary/aromatic N) is 2. The number of H-pyrrole nitrogens is 1. The van der Waals surface area contributed by atoms with Crippen molar-refractivity contribution in [2.24, 2.45) is 0 Å². The molecule has 1 amide bonds. The maximum atomic E-state index is 12.2. The molecule has 23 heavy (non-hydrogen) atoms. The second-order valence-electron chi connectivity index (χ2n) is 5.20. The first-order valence-electron chi connectivity index (χ1n) is 7.49. The number of ketones is 1. The maximum Gasteiger partial charge on any atom is 0.237 e. The number of carbonyl (C=O) groups excluding carboxylic acids is 2. The van der Waals surface area contributed by atoms with Gasteiger partial charge in [-0.2, -0.15) is 0 Å². The van der Waals surface area contributed by atoms with E-state index < -0.39 is 0 Å². The molecule has 0 spiro atoms. The molecule has 2 rings (SSSR count). The van der Waals surface area contributed by atoms with Crippen LogP contribution >= 0.6 is 11.8 Å². The first-order valence-corrected chi connectivity index (χ1v) is 8.37. The summed E-state index contributed by atoms with van der Waals surface area (Å²) >= 11 is 1.31. The van der Waals surface area contributed by atoms with Crippen LogP contribution < -0.4 is 5.32 Å². The van der Waals surface area contributed by atoms with Crippen LogP contribution in [0, 0.1) is 0 Å². The van der Waals surface area contributed by atoms with Crippen molar-refractivity contribution in [3.8, 4) is 0 Å². The Balaban J connectivity index is 1.92. The van der Waals surface area contributed by atoms with Crippen molar-refractivity contribution in [3.63, 3.8) is 0 Å². The molecule has 0 fully saturated rings. The summed E-state index contributed by atoms with van der Waals surface area (Å²) in [6.07, 6.45) is 1.84. The van der Waals surface area contributed by atoms with Gasteiger partial charge in [0.1, 0.15) is 5.82 Å². The summed E-state index contributed by atoms with van der Waals surface area (Å²) in [5, 5.41) is 10.0. The summed E-state index contributed by atoms with van der Waals surface area (Å²) in [6.45, 7) is 5.39. The molecule has 1 heterocycles. The molecule has 0 bridgehead atoms. The van der Waals surface area contributed by atoms with Gasteiger partial charge in [-0.3, -0.25) is 14.7 Å². The summed E-state index contributed by atoms with van der Waals surface area (Å²) in [7, 11) is 0. The summed E-state index contributed by atoms with van der Waals surface area (Å²) in [5.41, 5.74) is 1.28. The molecule has 2 N–H and O–H groups in total. The topological polar surface area (TPSA) is 87.7 Å². The van der Waals surface area contributed by atoms with Crippen molar-refractivity contribution < 1.29 is 9.59 Å². The van der Waals surface area contributed by atoms with E-state index in [-0.39, 0.29) is 16.9 Å². The molecule has 7 heteroatoms. The van der Waals surface area contributed by atoms with E-state index in [1.54, 1.807) is 31.2 Å². The van der Waals surface area contributed by atoms with Crippen LogP contribution in [0.3, 0.4) is 0 Å². The van der Waals surface area contributed by atoms with Crippen molar-refractivity contribution >= 4 is 29.1 Å². The number of hydrogen-bond acceptors (Lipinski definition) is 5. The smallest absolute Gasteiger partial charge is 0.237 e. The van der Waals surface area contributed by atoms with E-state index in [0.717, 1.165) is 18.7 Å². The summed E-state index contributed by atoms with van der Waals surface area (Å²) in [4.78, 5) is 27.8. The third kappa shape index (κ3) is 4.92. The van der Waals surface area contributed by atoms with Gasteiger partial charge in [0.25, 0.3) is 0 Å². The highest BCUT2D eigenvalue weighted by molar-refractivity contribution is 8.00. The lowest BCUT2D eigenvalue weighted by molar-refractivity contribution is -0.115. The molecule has 6 nitrogen and oxygen atoms in total. The quantitative estimate of drug-likeness (QED) is 0.601. The van der Waals surface area contributed by atoms with Gasteiger partial charge >= 0.3 is 0 Å². The number of nitrogens with one attached hydrogen (secondary N) is 2. The van der Waals surface area contributed by atoms with E-state index in [9.17, 15) is 9.59 Å². The molecule has 1 aromatic carbocycles. The van der Waals surface area contributed by atoms with Crippen LogP contribution in [0.1, 0.15) is 43.4 Å². The Hall–Kier alpha value is -2.15. The zero-order valence-electron chi connectivity index (χ0n) is 13.4. The predicted octanol–water partition coefficient (Wildman–Crippen LogP) is 3.08. The van der Waals surface area contributed by atoms with Crippen molar-refractivity contribution in [1.82, 2.24) is 15.2 Å². The molecular formula is C16H20N4O2S. The molecule has 0 saturated heterocycles. The minimum atomic E-state index is -0.326. The Morgan fingerprint density at radius 1 is 1.30 bits per heavy atom. The molecule has 0 unspecified atom stereocenters. The molecule has 122 valence electrons. The number of amides is 1. The van der Waals surface area contributed by atoms with E-state index >= 15 is 0 Å². The second-order valence-corrected chi connectivity index (χ2v) is 6.51. The van der Waals surface area contributed by atoms with Crippen molar-refractivity contribution in [1.29, 1.82) is 0 Å². The first kappa shape index (κ1) is 17.2. The van der Waals surface area contributed by atoms with Crippen LogP contribution in [0.5, 0.6) is 0 Å². The zero-order chi connectivity index (χ0) is 16.8. The molecule has 0 aliphatic carbocycles. The fourth-order valence-corrected chi connectivity index (χ4v) is 2.67. The number of Topliss-reactive ketones (excluding diaryl/α,β-unsaturated/α-hetero) is 1. The highest BCUT2D eigenvalue weighted by Gasteiger charge is 2.17. The molecule has 0 aliphatic heterocycles. The Morgan fingerprint density at radius 3 is 2.61 bits per heavy atom. The van der Waals surface area contributed by atoms with E-state index in [4.69, 9.17) is 0 Å². The van der Waals surface area contributed by atoms with Crippen LogP contribution in [-0.2, 0) is 11.2 Å². The Kier molecular flexibility index (Phi) is 5.92. The molecule has 0 radical (unpaired) electrons. The van der Waals surface area contributed by atoms with Gasteiger partial charge in [0, 0.05) is 17.7 Å². The number of rotatable bonds is 7. The van der Waals surface area contributed by atoms with Gasteiger partial charge in [-0.05, 0) is 44.5 Å². The minimum Gasteiger partial charge on any atom is -0.325 e. The largest absolute Gasteiger partial charge is 0.325 e. The number of aromatic nitrogens is 3. The third-order valence-electron chi connectivity index (χ3n) is 3.21. The van der Waals surface area contributed by atoms with Gasteiger partial charge in [0.05, 0.1) is 5.25 Å². The molecule has 2 aromatic rings. The monoisotopic (exact) mass is 332 g/mol. The van der Waals surface area contributed by atoms with E-state index in [2.05, 4.69) is 27.4 Å². The van der Waals surface area contributed by atoms with Crippen LogP contribution in [0.2, 0.25) is 0 Å². The predicted molar refractivity (Wildman–Crippen MR) is 90.8 cm³/mol. The number of aryl methyl sites for hydroxylation is 1. The molecular weight excluding hydrogens is 312 g/mol. The van der Waals surface area contributed by atoms with Crippen LogP contribution in [0.25, 0.3) is 0 Å². The number of hydrogen-bond donors (Lipinski definition) is 2. The number of anilines is 1. The van der Waals surface area contributed by atoms with E-state index in [0.29, 0.717) is 16.4 Å². The molecule has 1 aromatic heterocycles. The lowest BCUT2D eigenvalue weighted by atomic mass is 10.1. The average Bonchev–Trinajstić information content (AvgIpc) is 2.95. The fraction of sp³-hybridized carbons (Fsp3) is 0.375. The lowest BCUT2D eigenvalue weighted by Crippen LogP contribution is -2.22. The highest BCUT2D eigenvalue weighted by Crippen LogP contribution is 2.21. The third-order valence-corrected chi connectivity index (χ3v) is 4.17. The van der Waals surface area contributed by atoms with E-state index in [1.807, 2.05) is 0 Å². The summed E-state index contributed by atoms with van der Waals surface area (Å²) < 4.78 is 0. The Bertz CT molecular complexity index is 682. The van der Waals surface area contributed by atoms with Gasteiger partial charge in [-0.1, -0.05) is 18.7 Å². The standard InChI is InChI=1S/C16H20N4O2S/c1-4-5-14-18-16(20-19-14)23-11(3)15(22)17-13-8-6-12(7-9-13)10(2)21/h6-9,11H,4-5H2,1-3H3,(H,17,22)(H,18,19,20)/t11-/m0/s1. The van der Waals surface area contributed by atoms with Gasteiger partial charge in [-0.15, -0.1) is 5.10 Å². The zero-order valence-corrected chi connectivity index (χ0v) is 14.2. The SMILES string of the molecule is CCCc1nc(S[C@@H](C)C(=O)Nc2ccc(C(C)=O)cc2)n[nH]1. The lowest BCUT2D eigenvalue weighted by Gasteiger charge is -2.10. The van der Waals surface area contributed by atoms with Crippen molar-refractivity contribution in [2.75, 3.05) is 5.32 Å². The van der Waals surface area contributed by atoms with E-state index in [1.165, 1.54) is 18.7 Å². The van der Waals surface area contributed by atoms with Crippen molar-refractivity contribution in [3.05, 3.63) is 35.7 Å². The summed E-state index contributed by atoms with van der Waals surface area (Å²) in [5.74, 6) is 0.703.